The van der Waals surface area contributed by atoms with Crippen LogP contribution in [0.3, 0.4) is 0 Å². The topological polar surface area (TPSA) is 48.0 Å². The van der Waals surface area contributed by atoms with E-state index in [0.717, 1.165) is 61.1 Å². The summed E-state index contributed by atoms with van der Waals surface area (Å²) in [5, 5.41) is 0. The van der Waals surface area contributed by atoms with Crippen molar-refractivity contribution >= 4 is 11.5 Å². The summed E-state index contributed by atoms with van der Waals surface area (Å²) in [6.45, 7) is 6.61. The Morgan fingerprint density at radius 2 is 1.91 bits per heavy atom. The van der Waals surface area contributed by atoms with Crippen molar-refractivity contribution in [2.24, 2.45) is 11.3 Å². The molecule has 4 aliphatic rings. The van der Waals surface area contributed by atoms with Gasteiger partial charge in [0, 0.05) is 19.1 Å². The van der Waals surface area contributed by atoms with Gasteiger partial charge in [-0.15, -0.1) is 0 Å². The molecule has 5 nitrogen and oxygen atoms in total. The van der Waals surface area contributed by atoms with Gasteiger partial charge in [-0.2, -0.15) is 0 Å². The number of allylic oxidation sites excluding steroid dienone is 1. The molecule has 0 radical (unpaired) electrons. The Morgan fingerprint density at radius 3 is 2.64 bits per heavy atom. The van der Waals surface area contributed by atoms with E-state index in [-0.39, 0.29) is 23.3 Å². The van der Waals surface area contributed by atoms with Crippen LogP contribution in [0.25, 0.3) is 5.57 Å². The number of hydrogen-bond donors (Lipinski definition) is 0. The molecule has 4 atom stereocenters. The minimum absolute atomic E-state index is 0.167. The minimum Gasteiger partial charge on any atom is -0.498 e. The molecule has 2 bridgehead atoms. The number of esters is 1. The SMILES string of the molecule is CCOC(=O)C1=C(c2ccccc2)[C@@]23CCCC[C@@H]2[C@]1(N1CCC[C@H]1COC)C=C3OCC. The second-order valence-corrected chi connectivity index (χ2v) is 9.82. The monoisotopic (exact) mass is 451 g/mol. The van der Waals surface area contributed by atoms with Gasteiger partial charge in [0.1, 0.15) is 5.76 Å². The summed E-state index contributed by atoms with van der Waals surface area (Å²) >= 11 is 0. The first kappa shape index (κ1) is 22.7. The lowest BCUT2D eigenvalue weighted by molar-refractivity contribution is -0.140. The van der Waals surface area contributed by atoms with Gasteiger partial charge < -0.3 is 14.2 Å². The highest BCUT2D eigenvalue weighted by Gasteiger charge is 2.72. The summed E-state index contributed by atoms with van der Waals surface area (Å²) in [5.74, 6) is 1.19. The predicted molar refractivity (Wildman–Crippen MR) is 128 cm³/mol. The molecule has 5 heteroatoms. The Bertz CT molecular complexity index is 954. The van der Waals surface area contributed by atoms with Crippen LogP contribution in [0.2, 0.25) is 0 Å². The molecule has 1 saturated carbocycles. The fraction of sp³-hybridized carbons (Fsp3) is 0.607. The zero-order chi connectivity index (χ0) is 23.1. The van der Waals surface area contributed by atoms with Crippen molar-refractivity contribution in [2.75, 3.05) is 33.5 Å². The normalized spacial score (nSPS) is 33.2. The van der Waals surface area contributed by atoms with Gasteiger partial charge in [0.2, 0.25) is 0 Å². The Labute approximate surface area is 197 Å². The predicted octanol–water partition coefficient (Wildman–Crippen LogP) is 4.98. The number of nitrogens with zero attached hydrogens (tertiary/aromatic N) is 1. The van der Waals surface area contributed by atoms with Crippen LogP contribution in [0.4, 0.5) is 0 Å². The maximum atomic E-state index is 13.8. The van der Waals surface area contributed by atoms with Crippen molar-refractivity contribution < 1.29 is 19.0 Å². The van der Waals surface area contributed by atoms with Crippen molar-refractivity contribution in [2.45, 2.75) is 64.0 Å². The standard InChI is InChI=1S/C28H37NO4/c1-4-32-23-18-28(29-17-11-14-21(29)19-31-3)22-15-9-10-16-27(22,23)24(20-12-7-6-8-13-20)25(28)26(30)33-5-2/h6-8,12-13,18,21-22H,4-5,9-11,14-17,19H2,1-3H3/t21-,22-,27-,28+/m0/s1. The van der Waals surface area contributed by atoms with Crippen molar-refractivity contribution in [1.29, 1.82) is 0 Å². The highest BCUT2D eigenvalue weighted by Crippen LogP contribution is 2.72. The van der Waals surface area contributed by atoms with Crippen LogP contribution in [-0.4, -0.2) is 55.9 Å². The minimum atomic E-state index is -0.498. The molecule has 1 aliphatic heterocycles. The summed E-state index contributed by atoms with van der Waals surface area (Å²) in [6, 6.07) is 10.8. The molecule has 178 valence electrons. The average Bonchev–Trinajstić information content (AvgIpc) is 3.48. The molecule has 0 unspecified atom stereocenters. The van der Waals surface area contributed by atoms with Crippen molar-refractivity contribution in [3.63, 3.8) is 0 Å². The van der Waals surface area contributed by atoms with Gasteiger partial charge in [-0.1, -0.05) is 43.2 Å². The number of carbonyl (C=O) groups is 1. The molecule has 1 aromatic carbocycles. The van der Waals surface area contributed by atoms with Crippen LogP contribution in [0.15, 0.2) is 47.7 Å². The van der Waals surface area contributed by atoms with E-state index in [1.54, 1.807) is 7.11 Å². The lowest BCUT2D eigenvalue weighted by atomic mass is 9.63. The number of methoxy groups -OCH3 is 1. The van der Waals surface area contributed by atoms with Crippen molar-refractivity contribution in [3.05, 3.63) is 53.3 Å². The molecule has 1 aromatic rings. The number of carbonyl (C=O) groups excluding carboxylic acids is 1. The summed E-state index contributed by atoms with van der Waals surface area (Å²) in [7, 11) is 1.78. The highest BCUT2D eigenvalue weighted by atomic mass is 16.5. The first-order valence-electron chi connectivity index (χ1n) is 12.7. The fourth-order valence-corrected chi connectivity index (χ4v) is 7.50. The number of likely N-dealkylation sites (tertiary alicyclic amines) is 1. The molecule has 0 amide bonds. The zero-order valence-corrected chi connectivity index (χ0v) is 20.3. The first-order valence-corrected chi connectivity index (χ1v) is 12.7. The van der Waals surface area contributed by atoms with Crippen LogP contribution in [0.5, 0.6) is 0 Å². The largest absolute Gasteiger partial charge is 0.498 e. The molecule has 0 spiro atoms. The Kier molecular flexibility index (Phi) is 6.13. The molecule has 3 aliphatic carbocycles. The van der Waals surface area contributed by atoms with Gasteiger partial charge in [0.25, 0.3) is 0 Å². The maximum absolute atomic E-state index is 13.8. The fourth-order valence-electron chi connectivity index (χ4n) is 7.50. The van der Waals surface area contributed by atoms with E-state index >= 15 is 0 Å². The molecular weight excluding hydrogens is 414 g/mol. The van der Waals surface area contributed by atoms with Crippen LogP contribution >= 0.6 is 0 Å². The third-order valence-electron chi connectivity index (χ3n) is 8.38. The summed E-state index contributed by atoms with van der Waals surface area (Å²) < 4.78 is 17.9. The Balaban J connectivity index is 1.80. The third kappa shape index (κ3) is 3.15. The Hall–Kier alpha value is -2.11. The second kappa shape index (κ2) is 8.92. The van der Waals surface area contributed by atoms with E-state index in [1.165, 1.54) is 6.42 Å². The van der Waals surface area contributed by atoms with Crippen molar-refractivity contribution in [1.82, 2.24) is 4.90 Å². The van der Waals surface area contributed by atoms with Gasteiger partial charge in [0.05, 0.1) is 36.3 Å². The highest BCUT2D eigenvalue weighted by molar-refractivity contribution is 6.06. The number of hydrogen-bond acceptors (Lipinski definition) is 5. The summed E-state index contributed by atoms with van der Waals surface area (Å²) in [5.41, 5.74) is 2.37. The van der Waals surface area contributed by atoms with Crippen LogP contribution in [0, 0.1) is 11.3 Å². The van der Waals surface area contributed by atoms with Crippen LogP contribution < -0.4 is 0 Å². The molecule has 2 fully saturated rings. The quantitative estimate of drug-likeness (QED) is 0.522. The van der Waals surface area contributed by atoms with Gasteiger partial charge in [-0.25, -0.2) is 4.79 Å². The lowest BCUT2D eigenvalue weighted by Crippen LogP contribution is -2.56. The van der Waals surface area contributed by atoms with E-state index in [9.17, 15) is 4.79 Å². The molecule has 5 rings (SSSR count). The molecule has 33 heavy (non-hydrogen) atoms. The smallest absolute Gasteiger partial charge is 0.336 e. The van der Waals surface area contributed by atoms with Crippen LogP contribution in [-0.2, 0) is 19.0 Å². The molecule has 0 aromatic heterocycles. The second-order valence-electron chi connectivity index (χ2n) is 9.82. The zero-order valence-electron chi connectivity index (χ0n) is 20.3. The van der Waals surface area contributed by atoms with E-state index < -0.39 is 5.54 Å². The summed E-state index contributed by atoms with van der Waals surface area (Å²) in [6.07, 6.45) is 8.96. The molecule has 0 N–H and O–H groups in total. The lowest BCUT2D eigenvalue weighted by Gasteiger charge is -2.46. The van der Waals surface area contributed by atoms with Gasteiger partial charge in [-0.05, 0) is 63.3 Å². The summed E-state index contributed by atoms with van der Waals surface area (Å²) in [4.78, 5) is 16.4. The van der Waals surface area contributed by atoms with E-state index in [4.69, 9.17) is 14.2 Å². The molecule has 1 saturated heterocycles. The van der Waals surface area contributed by atoms with E-state index in [2.05, 4.69) is 42.2 Å². The molecular formula is C28H37NO4. The average molecular weight is 452 g/mol. The molecule has 1 heterocycles. The van der Waals surface area contributed by atoms with Crippen molar-refractivity contribution in [3.8, 4) is 0 Å². The van der Waals surface area contributed by atoms with E-state index in [1.807, 2.05) is 13.0 Å². The van der Waals surface area contributed by atoms with E-state index in [0.29, 0.717) is 19.8 Å². The van der Waals surface area contributed by atoms with Gasteiger partial charge in [-0.3, -0.25) is 4.90 Å². The van der Waals surface area contributed by atoms with Crippen LogP contribution in [0.1, 0.15) is 57.9 Å². The maximum Gasteiger partial charge on any atom is 0.336 e. The van der Waals surface area contributed by atoms with Gasteiger partial charge in [0.15, 0.2) is 0 Å². The number of benzene rings is 1. The third-order valence-corrected chi connectivity index (χ3v) is 8.38. The first-order chi connectivity index (χ1) is 16.1. The number of rotatable bonds is 8. The Morgan fingerprint density at radius 1 is 1.09 bits per heavy atom. The van der Waals surface area contributed by atoms with Gasteiger partial charge >= 0.3 is 5.97 Å². The number of ether oxygens (including phenoxy) is 3.